The van der Waals surface area contributed by atoms with Gasteiger partial charge in [0.1, 0.15) is 0 Å². The standard InChI is InChI=1S/C8H9NO3/c1-2-6-5(8(11)12)3-4-7(10)9-6/h3-4H,2H2,1H3,(H,9,10)(H,11,12). The Hall–Kier alpha value is -1.58. The number of carbonyl (C=O) groups is 1. The van der Waals surface area contributed by atoms with Crippen molar-refractivity contribution in [2.24, 2.45) is 0 Å². The van der Waals surface area contributed by atoms with Gasteiger partial charge in [-0.3, -0.25) is 4.79 Å². The average molecular weight is 167 g/mol. The molecule has 0 radical (unpaired) electrons. The molecule has 2 N–H and O–H groups in total. The minimum Gasteiger partial charge on any atom is -0.478 e. The summed E-state index contributed by atoms with van der Waals surface area (Å²) in [6.45, 7) is 1.79. The number of rotatable bonds is 2. The van der Waals surface area contributed by atoms with E-state index in [1.807, 2.05) is 0 Å². The van der Waals surface area contributed by atoms with Crippen molar-refractivity contribution in [1.29, 1.82) is 0 Å². The van der Waals surface area contributed by atoms with E-state index in [0.29, 0.717) is 12.1 Å². The van der Waals surface area contributed by atoms with Gasteiger partial charge in [0.25, 0.3) is 0 Å². The zero-order chi connectivity index (χ0) is 9.14. The van der Waals surface area contributed by atoms with E-state index < -0.39 is 5.97 Å². The molecule has 0 atom stereocenters. The maximum atomic E-state index is 10.8. The fourth-order valence-corrected chi connectivity index (χ4v) is 0.997. The van der Waals surface area contributed by atoms with Crippen LogP contribution in [0.3, 0.4) is 0 Å². The first-order valence-corrected chi connectivity index (χ1v) is 3.60. The van der Waals surface area contributed by atoms with Gasteiger partial charge in [-0.1, -0.05) is 6.92 Å². The first-order chi connectivity index (χ1) is 5.65. The van der Waals surface area contributed by atoms with E-state index in [2.05, 4.69) is 4.98 Å². The molecule has 0 bridgehead atoms. The third kappa shape index (κ3) is 1.53. The Balaban J connectivity index is 3.29. The number of aryl methyl sites for hydroxylation is 1. The summed E-state index contributed by atoms with van der Waals surface area (Å²) in [5, 5.41) is 8.67. The number of hydrogen-bond acceptors (Lipinski definition) is 2. The molecule has 1 heterocycles. The molecule has 1 aromatic rings. The molecular formula is C8H9NO3. The van der Waals surface area contributed by atoms with E-state index >= 15 is 0 Å². The van der Waals surface area contributed by atoms with Crippen LogP contribution in [0.25, 0.3) is 0 Å². The number of hydrogen-bond donors (Lipinski definition) is 2. The topological polar surface area (TPSA) is 70.2 Å². The first kappa shape index (κ1) is 8.52. The highest BCUT2D eigenvalue weighted by molar-refractivity contribution is 5.88. The van der Waals surface area contributed by atoms with Crippen molar-refractivity contribution in [2.45, 2.75) is 13.3 Å². The lowest BCUT2D eigenvalue weighted by Gasteiger charge is -2.00. The predicted octanol–water partition coefficient (Wildman–Crippen LogP) is 0.635. The Kier molecular flexibility index (Phi) is 2.28. The summed E-state index contributed by atoms with van der Waals surface area (Å²) in [6, 6.07) is 2.53. The van der Waals surface area contributed by atoms with Crippen LogP contribution in [0.15, 0.2) is 16.9 Å². The first-order valence-electron chi connectivity index (χ1n) is 3.60. The second-order valence-corrected chi connectivity index (χ2v) is 2.37. The van der Waals surface area contributed by atoms with Crippen LogP contribution >= 0.6 is 0 Å². The molecule has 12 heavy (non-hydrogen) atoms. The third-order valence-electron chi connectivity index (χ3n) is 1.58. The van der Waals surface area contributed by atoms with E-state index in [9.17, 15) is 9.59 Å². The SMILES string of the molecule is CCc1[nH]c(=O)ccc1C(=O)O. The second kappa shape index (κ2) is 3.21. The van der Waals surface area contributed by atoms with Crippen molar-refractivity contribution in [3.8, 4) is 0 Å². The van der Waals surface area contributed by atoms with Crippen molar-refractivity contribution in [3.63, 3.8) is 0 Å². The molecular weight excluding hydrogens is 158 g/mol. The van der Waals surface area contributed by atoms with Crippen LogP contribution in [0.1, 0.15) is 23.0 Å². The van der Waals surface area contributed by atoms with Gasteiger partial charge in [-0.2, -0.15) is 0 Å². The van der Waals surface area contributed by atoms with Gasteiger partial charge < -0.3 is 10.1 Å². The summed E-state index contributed by atoms with van der Waals surface area (Å²) in [5.41, 5.74) is 0.365. The third-order valence-corrected chi connectivity index (χ3v) is 1.58. The van der Waals surface area contributed by atoms with Gasteiger partial charge in [0.15, 0.2) is 0 Å². The largest absolute Gasteiger partial charge is 0.478 e. The molecule has 0 aliphatic rings. The quantitative estimate of drug-likeness (QED) is 0.678. The average Bonchev–Trinajstić information content (AvgIpc) is 2.03. The number of nitrogens with one attached hydrogen (secondary N) is 1. The van der Waals surface area contributed by atoms with Crippen molar-refractivity contribution in [3.05, 3.63) is 33.7 Å². The fraction of sp³-hybridized carbons (Fsp3) is 0.250. The molecule has 1 rings (SSSR count). The highest BCUT2D eigenvalue weighted by atomic mass is 16.4. The smallest absolute Gasteiger partial charge is 0.337 e. The maximum Gasteiger partial charge on any atom is 0.337 e. The van der Waals surface area contributed by atoms with Crippen LogP contribution in [-0.2, 0) is 6.42 Å². The van der Waals surface area contributed by atoms with E-state index in [4.69, 9.17) is 5.11 Å². The van der Waals surface area contributed by atoms with Gasteiger partial charge in [-0.15, -0.1) is 0 Å². The zero-order valence-electron chi connectivity index (χ0n) is 6.63. The maximum absolute atomic E-state index is 10.8. The van der Waals surface area contributed by atoms with Crippen molar-refractivity contribution < 1.29 is 9.90 Å². The van der Waals surface area contributed by atoms with E-state index in [1.165, 1.54) is 12.1 Å². The molecule has 0 aliphatic carbocycles. The number of carboxylic acid groups (broad SMARTS) is 1. The molecule has 0 amide bonds. The molecule has 0 unspecified atom stereocenters. The van der Waals surface area contributed by atoms with E-state index in [1.54, 1.807) is 6.92 Å². The Bertz CT molecular complexity index is 354. The molecule has 1 aromatic heterocycles. The Morgan fingerprint density at radius 3 is 2.75 bits per heavy atom. The monoisotopic (exact) mass is 167 g/mol. The molecule has 0 fully saturated rings. The molecule has 0 saturated heterocycles. The summed E-state index contributed by atoms with van der Waals surface area (Å²) in [6.07, 6.45) is 0.512. The molecule has 0 aromatic carbocycles. The van der Waals surface area contributed by atoms with Crippen LogP contribution in [0.5, 0.6) is 0 Å². The summed E-state index contributed by atoms with van der Waals surface area (Å²) in [7, 11) is 0. The van der Waals surface area contributed by atoms with E-state index in [0.717, 1.165) is 0 Å². The number of aromatic nitrogens is 1. The number of aromatic carboxylic acids is 1. The Morgan fingerprint density at radius 1 is 1.58 bits per heavy atom. The lowest BCUT2D eigenvalue weighted by atomic mass is 10.1. The van der Waals surface area contributed by atoms with Crippen molar-refractivity contribution in [1.82, 2.24) is 4.98 Å². The Morgan fingerprint density at radius 2 is 2.25 bits per heavy atom. The molecule has 4 heteroatoms. The van der Waals surface area contributed by atoms with Crippen LogP contribution < -0.4 is 5.56 Å². The van der Waals surface area contributed by atoms with Gasteiger partial charge in [0.05, 0.1) is 5.56 Å². The summed E-state index contributed by atoms with van der Waals surface area (Å²) in [4.78, 5) is 23.8. The minimum absolute atomic E-state index is 0.164. The number of H-pyrrole nitrogens is 1. The second-order valence-electron chi connectivity index (χ2n) is 2.37. The lowest BCUT2D eigenvalue weighted by Crippen LogP contribution is -2.12. The number of pyridine rings is 1. The van der Waals surface area contributed by atoms with Gasteiger partial charge in [0, 0.05) is 11.8 Å². The van der Waals surface area contributed by atoms with Gasteiger partial charge in [-0.25, -0.2) is 4.79 Å². The predicted molar refractivity (Wildman–Crippen MR) is 43.4 cm³/mol. The normalized spacial score (nSPS) is 9.75. The molecule has 0 aliphatic heterocycles. The molecule has 0 saturated carbocycles. The zero-order valence-corrected chi connectivity index (χ0v) is 6.63. The highest BCUT2D eigenvalue weighted by Crippen LogP contribution is 2.02. The van der Waals surface area contributed by atoms with Crippen LogP contribution in [0.4, 0.5) is 0 Å². The van der Waals surface area contributed by atoms with Gasteiger partial charge in [0.2, 0.25) is 5.56 Å². The van der Waals surface area contributed by atoms with Crippen LogP contribution in [0, 0.1) is 0 Å². The minimum atomic E-state index is -1.01. The molecule has 4 nitrogen and oxygen atoms in total. The summed E-state index contributed by atoms with van der Waals surface area (Å²) >= 11 is 0. The van der Waals surface area contributed by atoms with Crippen LogP contribution in [0.2, 0.25) is 0 Å². The van der Waals surface area contributed by atoms with Gasteiger partial charge >= 0.3 is 5.97 Å². The lowest BCUT2D eigenvalue weighted by molar-refractivity contribution is 0.0695. The molecule has 64 valence electrons. The van der Waals surface area contributed by atoms with E-state index in [-0.39, 0.29) is 11.1 Å². The van der Waals surface area contributed by atoms with Gasteiger partial charge in [-0.05, 0) is 12.5 Å². The van der Waals surface area contributed by atoms with Crippen LogP contribution in [-0.4, -0.2) is 16.1 Å². The van der Waals surface area contributed by atoms with Crippen molar-refractivity contribution in [2.75, 3.05) is 0 Å². The summed E-state index contributed by atoms with van der Waals surface area (Å²) in [5.74, 6) is -1.01. The fourth-order valence-electron chi connectivity index (χ4n) is 0.997. The number of aromatic amines is 1. The molecule has 0 spiro atoms. The number of carboxylic acids is 1. The Labute approximate surface area is 68.9 Å². The summed E-state index contributed by atoms with van der Waals surface area (Å²) < 4.78 is 0. The highest BCUT2D eigenvalue weighted by Gasteiger charge is 2.07. The van der Waals surface area contributed by atoms with Crippen molar-refractivity contribution >= 4 is 5.97 Å².